The van der Waals surface area contributed by atoms with Crippen LogP contribution in [0.3, 0.4) is 0 Å². The van der Waals surface area contributed by atoms with Crippen LogP contribution in [0.2, 0.25) is 0 Å². The van der Waals surface area contributed by atoms with Crippen molar-refractivity contribution in [2.24, 2.45) is 0 Å². The summed E-state index contributed by atoms with van der Waals surface area (Å²) in [6.07, 6.45) is 0. The molecule has 0 bridgehead atoms. The van der Waals surface area contributed by atoms with E-state index < -0.39 is 6.04 Å². The number of aromatic nitrogens is 5. The van der Waals surface area contributed by atoms with Crippen molar-refractivity contribution in [3.63, 3.8) is 0 Å². The molecule has 8 nitrogen and oxygen atoms in total. The quantitative estimate of drug-likeness (QED) is 0.244. The van der Waals surface area contributed by atoms with Crippen molar-refractivity contribution < 1.29 is 4.74 Å². The Morgan fingerprint density at radius 2 is 1.68 bits per heavy atom. The molecular weight excluding hydrogens is 500 g/mol. The Bertz CT molecular complexity index is 1610. The lowest BCUT2D eigenvalue weighted by molar-refractivity contribution is 0.169. The lowest BCUT2D eigenvalue weighted by Gasteiger charge is -2.31. The number of fused-ring (bicyclic) bond motifs is 1. The maximum Gasteiger partial charge on any atom is 0.253 e. The number of aromatic amines is 1. The third kappa shape index (κ3) is 6.03. The SMILES string of the molecule is COCCn1nnnc1[C@@H](c1cc2cccc(C)c2[nH]c1=O)N(Cc1ccccc1)Cc1ccc(C(C)C)cc1. The molecule has 0 fully saturated rings. The van der Waals surface area contributed by atoms with Gasteiger partial charge in [-0.3, -0.25) is 9.69 Å². The molecule has 0 unspecified atom stereocenters. The molecule has 5 rings (SSSR count). The molecule has 0 saturated heterocycles. The molecule has 0 aliphatic carbocycles. The Kier molecular flexibility index (Phi) is 8.48. The molecule has 5 aromatic rings. The predicted molar refractivity (Wildman–Crippen MR) is 157 cm³/mol. The van der Waals surface area contributed by atoms with Gasteiger partial charge in [-0.1, -0.05) is 86.6 Å². The molecule has 206 valence electrons. The van der Waals surface area contributed by atoms with Crippen LogP contribution in [0, 0.1) is 6.92 Å². The summed E-state index contributed by atoms with van der Waals surface area (Å²) in [7, 11) is 1.65. The van der Waals surface area contributed by atoms with Crippen LogP contribution < -0.4 is 5.56 Å². The van der Waals surface area contributed by atoms with Gasteiger partial charge >= 0.3 is 0 Å². The zero-order chi connectivity index (χ0) is 28.1. The van der Waals surface area contributed by atoms with Crippen LogP contribution in [0.4, 0.5) is 0 Å². The van der Waals surface area contributed by atoms with Gasteiger partial charge in [0.2, 0.25) is 0 Å². The number of ether oxygens (including phenoxy) is 1. The van der Waals surface area contributed by atoms with Gasteiger partial charge in [-0.2, -0.15) is 0 Å². The molecular formula is C32H36N6O2. The second-order valence-corrected chi connectivity index (χ2v) is 10.5. The van der Waals surface area contributed by atoms with E-state index in [4.69, 9.17) is 4.74 Å². The van der Waals surface area contributed by atoms with Gasteiger partial charge in [-0.05, 0) is 57.0 Å². The minimum atomic E-state index is -0.509. The number of pyridine rings is 1. The van der Waals surface area contributed by atoms with E-state index in [1.165, 1.54) is 5.56 Å². The van der Waals surface area contributed by atoms with Gasteiger partial charge < -0.3 is 9.72 Å². The summed E-state index contributed by atoms with van der Waals surface area (Å²) in [6, 6.07) is 26.5. The summed E-state index contributed by atoms with van der Waals surface area (Å²) >= 11 is 0. The van der Waals surface area contributed by atoms with Crippen molar-refractivity contribution in [3.05, 3.63) is 123 Å². The van der Waals surface area contributed by atoms with Gasteiger partial charge in [0.05, 0.1) is 18.7 Å². The number of tetrazole rings is 1. The van der Waals surface area contributed by atoms with E-state index in [9.17, 15) is 4.79 Å². The highest BCUT2D eigenvalue weighted by molar-refractivity contribution is 5.82. The van der Waals surface area contributed by atoms with Crippen molar-refractivity contribution in [3.8, 4) is 0 Å². The highest BCUT2D eigenvalue weighted by Gasteiger charge is 2.31. The highest BCUT2D eigenvalue weighted by atomic mass is 16.5. The Balaban J connectivity index is 1.67. The molecule has 0 spiro atoms. The van der Waals surface area contributed by atoms with E-state index in [1.54, 1.807) is 11.8 Å². The van der Waals surface area contributed by atoms with E-state index in [2.05, 4.69) is 75.7 Å². The van der Waals surface area contributed by atoms with Crippen LogP contribution in [0.1, 0.15) is 59.4 Å². The number of para-hydroxylation sites is 1. The molecule has 2 heterocycles. The van der Waals surface area contributed by atoms with Gasteiger partial charge in [0.15, 0.2) is 5.82 Å². The van der Waals surface area contributed by atoms with E-state index in [0.717, 1.165) is 27.6 Å². The molecule has 8 heteroatoms. The highest BCUT2D eigenvalue weighted by Crippen LogP contribution is 2.31. The number of hydrogen-bond acceptors (Lipinski definition) is 6. The Hall–Kier alpha value is -4.14. The molecule has 0 radical (unpaired) electrons. The smallest absolute Gasteiger partial charge is 0.253 e. The molecule has 1 atom stereocenters. The van der Waals surface area contributed by atoms with E-state index in [0.29, 0.717) is 43.5 Å². The normalized spacial score (nSPS) is 12.4. The topological polar surface area (TPSA) is 88.9 Å². The summed E-state index contributed by atoms with van der Waals surface area (Å²) in [6.45, 7) is 8.51. The number of aryl methyl sites for hydroxylation is 1. The Morgan fingerprint density at radius 1 is 0.950 bits per heavy atom. The average Bonchev–Trinajstić information content (AvgIpc) is 3.41. The molecule has 2 aromatic heterocycles. The second kappa shape index (κ2) is 12.4. The van der Waals surface area contributed by atoms with Crippen molar-refractivity contribution in [1.29, 1.82) is 0 Å². The number of H-pyrrole nitrogens is 1. The fourth-order valence-electron chi connectivity index (χ4n) is 5.15. The third-order valence-corrected chi connectivity index (χ3v) is 7.35. The zero-order valence-electron chi connectivity index (χ0n) is 23.5. The van der Waals surface area contributed by atoms with E-state index in [-0.39, 0.29) is 5.56 Å². The summed E-state index contributed by atoms with van der Waals surface area (Å²) in [4.78, 5) is 19.2. The van der Waals surface area contributed by atoms with E-state index in [1.807, 2.05) is 49.4 Å². The van der Waals surface area contributed by atoms with Gasteiger partial charge in [0, 0.05) is 25.8 Å². The first-order chi connectivity index (χ1) is 19.4. The van der Waals surface area contributed by atoms with Crippen LogP contribution >= 0.6 is 0 Å². The van der Waals surface area contributed by atoms with E-state index >= 15 is 0 Å². The van der Waals surface area contributed by atoms with Gasteiger partial charge in [0.1, 0.15) is 6.04 Å². The number of nitrogens with one attached hydrogen (secondary N) is 1. The fraction of sp³-hybridized carbons (Fsp3) is 0.312. The molecule has 0 amide bonds. The van der Waals surface area contributed by atoms with Crippen molar-refractivity contribution in [2.45, 2.75) is 52.4 Å². The Labute approximate surface area is 234 Å². The van der Waals surface area contributed by atoms with Crippen LogP contribution in [0.5, 0.6) is 0 Å². The maximum absolute atomic E-state index is 13.8. The molecule has 0 saturated carbocycles. The van der Waals surface area contributed by atoms with Crippen molar-refractivity contribution in [2.75, 3.05) is 13.7 Å². The minimum absolute atomic E-state index is 0.152. The summed E-state index contributed by atoms with van der Waals surface area (Å²) in [5.41, 5.74) is 5.88. The molecule has 1 N–H and O–H groups in total. The number of nitrogens with zero attached hydrogens (tertiary/aromatic N) is 5. The van der Waals surface area contributed by atoms with Crippen molar-refractivity contribution in [1.82, 2.24) is 30.1 Å². The molecule has 0 aliphatic rings. The third-order valence-electron chi connectivity index (χ3n) is 7.35. The largest absolute Gasteiger partial charge is 0.383 e. The lowest BCUT2D eigenvalue weighted by Crippen LogP contribution is -2.35. The number of methoxy groups -OCH3 is 1. The monoisotopic (exact) mass is 536 g/mol. The van der Waals surface area contributed by atoms with Gasteiger partial charge in [-0.15, -0.1) is 5.10 Å². The van der Waals surface area contributed by atoms with Crippen LogP contribution in [0.15, 0.2) is 83.7 Å². The second-order valence-electron chi connectivity index (χ2n) is 10.5. The first-order valence-electron chi connectivity index (χ1n) is 13.7. The number of benzene rings is 3. The van der Waals surface area contributed by atoms with Crippen LogP contribution in [-0.2, 0) is 24.4 Å². The number of hydrogen-bond donors (Lipinski definition) is 1. The van der Waals surface area contributed by atoms with Gasteiger partial charge in [0.25, 0.3) is 5.56 Å². The summed E-state index contributed by atoms with van der Waals surface area (Å²) < 4.78 is 7.08. The average molecular weight is 537 g/mol. The minimum Gasteiger partial charge on any atom is -0.383 e. The van der Waals surface area contributed by atoms with Crippen LogP contribution in [0.25, 0.3) is 10.9 Å². The van der Waals surface area contributed by atoms with Crippen LogP contribution in [-0.4, -0.2) is 43.8 Å². The van der Waals surface area contributed by atoms with Crippen molar-refractivity contribution >= 4 is 10.9 Å². The zero-order valence-corrected chi connectivity index (χ0v) is 23.5. The first kappa shape index (κ1) is 27.4. The maximum atomic E-state index is 13.8. The van der Waals surface area contributed by atoms with Gasteiger partial charge in [-0.25, -0.2) is 4.68 Å². The molecule has 40 heavy (non-hydrogen) atoms. The fourth-order valence-corrected chi connectivity index (χ4v) is 5.15. The predicted octanol–water partition coefficient (Wildman–Crippen LogP) is 5.38. The first-order valence-corrected chi connectivity index (χ1v) is 13.7. The number of rotatable bonds is 11. The summed E-state index contributed by atoms with van der Waals surface area (Å²) in [5.74, 6) is 1.05. The summed E-state index contributed by atoms with van der Waals surface area (Å²) in [5, 5.41) is 13.7. The molecule has 0 aliphatic heterocycles. The Morgan fingerprint density at radius 3 is 2.38 bits per heavy atom. The lowest BCUT2D eigenvalue weighted by atomic mass is 9.99. The molecule has 3 aromatic carbocycles. The standard InChI is InChI=1S/C32H36N6O2/c1-22(2)26-15-13-25(14-16-26)21-37(20-24-10-6-5-7-11-24)30(31-34-35-36-38(31)17-18-40-4)28-19-27-12-8-9-23(3)29(27)33-32(28)39/h5-16,19,22,30H,17-18,20-21H2,1-4H3,(H,33,39)/t30-/m1/s1.